The van der Waals surface area contributed by atoms with Gasteiger partial charge in [-0.2, -0.15) is 5.26 Å². The van der Waals surface area contributed by atoms with E-state index in [9.17, 15) is 18.5 Å². The molecule has 0 aliphatic heterocycles. The lowest BCUT2D eigenvalue weighted by Crippen LogP contribution is -2.27. The van der Waals surface area contributed by atoms with Crippen molar-refractivity contribution in [2.75, 3.05) is 17.1 Å². The smallest absolute Gasteiger partial charge is 0.412 e. The molecule has 0 atom stereocenters. The van der Waals surface area contributed by atoms with Crippen LogP contribution in [0.5, 0.6) is 5.75 Å². The Morgan fingerprint density at radius 1 is 1.17 bits per heavy atom. The second-order valence-electron chi connectivity index (χ2n) is 6.87. The first-order chi connectivity index (χ1) is 13.5. The number of rotatable bonds is 5. The van der Waals surface area contributed by atoms with Crippen molar-refractivity contribution in [3.63, 3.8) is 0 Å². The van der Waals surface area contributed by atoms with Gasteiger partial charge in [-0.1, -0.05) is 17.7 Å². The Morgan fingerprint density at radius 3 is 2.41 bits per heavy atom. The molecule has 8 nitrogen and oxygen atoms in total. The van der Waals surface area contributed by atoms with Crippen LogP contribution in [0.4, 0.5) is 16.2 Å². The van der Waals surface area contributed by atoms with Gasteiger partial charge in [-0.25, -0.2) is 13.2 Å². The van der Waals surface area contributed by atoms with Crippen LogP contribution in [0.15, 0.2) is 41.3 Å². The van der Waals surface area contributed by atoms with Crippen molar-refractivity contribution in [1.29, 1.82) is 5.26 Å². The van der Waals surface area contributed by atoms with Gasteiger partial charge in [-0.3, -0.25) is 10.0 Å². The van der Waals surface area contributed by atoms with E-state index in [0.29, 0.717) is 0 Å². The van der Waals surface area contributed by atoms with E-state index in [1.54, 1.807) is 20.8 Å². The zero-order valence-electron chi connectivity index (χ0n) is 16.2. The number of benzene rings is 2. The molecule has 0 aliphatic rings. The first-order valence-corrected chi connectivity index (χ1v) is 10.2. The topological polar surface area (TPSA) is 118 Å². The predicted molar refractivity (Wildman–Crippen MR) is 110 cm³/mol. The fraction of sp³-hybridized carbons (Fsp3) is 0.263. The first kappa shape index (κ1) is 22.3. The number of hydrogen-bond donors (Lipinski definition) is 2. The van der Waals surface area contributed by atoms with Gasteiger partial charge < -0.3 is 9.47 Å². The highest BCUT2D eigenvalue weighted by Gasteiger charge is 2.23. The van der Waals surface area contributed by atoms with Crippen LogP contribution in [0, 0.1) is 11.3 Å². The minimum Gasteiger partial charge on any atom is -0.495 e. The number of amides is 1. The summed E-state index contributed by atoms with van der Waals surface area (Å²) in [7, 11) is -2.81. The molecule has 0 aliphatic carbocycles. The molecule has 2 aromatic carbocycles. The third-order valence-electron chi connectivity index (χ3n) is 3.47. The molecule has 0 heterocycles. The van der Waals surface area contributed by atoms with E-state index in [-0.39, 0.29) is 32.6 Å². The van der Waals surface area contributed by atoms with E-state index in [1.165, 1.54) is 43.5 Å². The van der Waals surface area contributed by atoms with Crippen LogP contribution in [-0.4, -0.2) is 27.2 Å². The molecular weight excluding hydrogens is 418 g/mol. The van der Waals surface area contributed by atoms with Crippen LogP contribution >= 0.6 is 11.6 Å². The third kappa shape index (κ3) is 5.76. The molecular formula is C19H20ClN3O5S. The average molecular weight is 438 g/mol. The molecule has 154 valence electrons. The SMILES string of the molecule is COc1ccc(Cl)cc1S(=O)(=O)Nc1cccc(NC(=O)OC(C)(C)C)c1C#N. The zero-order chi connectivity index (χ0) is 21.8. The predicted octanol–water partition coefficient (Wildman–Crippen LogP) is 4.37. The number of hydrogen-bond acceptors (Lipinski definition) is 6. The summed E-state index contributed by atoms with van der Waals surface area (Å²) in [4.78, 5) is 11.8. The number of halogens is 1. The van der Waals surface area contributed by atoms with Gasteiger partial charge >= 0.3 is 6.09 Å². The molecule has 0 saturated heterocycles. The molecule has 1 amide bonds. The largest absolute Gasteiger partial charge is 0.495 e. The van der Waals surface area contributed by atoms with Gasteiger partial charge in [0.05, 0.1) is 24.0 Å². The lowest BCUT2D eigenvalue weighted by molar-refractivity contribution is 0.0636. The molecule has 0 fully saturated rings. The van der Waals surface area contributed by atoms with Crippen LogP contribution in [0.2, 0.25) is 5.02 Å². The van der Waals surface area contributed by atoms with Crippen LogP contribution in [-0.2, 0) is 14.8 Å². The number of nitrogens with one attached hydrogen (secondary N) is 2. The van der Waals surface area contributed by atoms with E-state index in [2.05, 4.69) is 10.0 Å². The van der Waals surface area contributed by atoms with Crippen LogP contribution < -0.4 is 14.8 Å². The highest BCUT2D eigenvalue weighted by molar-refractivity contribution is 7.92. The van der Waals surface area contributed by atoms with Gasteiger partial charge in [0.15, 0.2) is 0 Å². The number of sulfonamides is 1. The van der Waals surface area contributed by atoms with Gasteiger partial charge in [-0.05, 0) is 51.1 Å². The number of ether oxygens (including phenoxy) is 2. The second kappa shape index (κ2) is 8.59. The van der Waals surface area contributed by atoms with E-state index in [0.717, 1.165) is 0 Å². The highest BCUT2D eigenvalue weighted by atomic mass is 35.5. The summed E-state index contributed by atoms with van der Waals surface area (Å²) in [5.74, 6) is 0.0865. The summed E-state index contributed by atoms with van der Waals surface area (Å²) in [6.07, 6.45) is -0.773. The van der Waals surface area contributed by atoms with Crippen molar-refractivity contribution in [3.8, 4) is 11.8 Å². The fourth-order valence-corrected chi connectivity index (χ4v) is 3.84. The molecule has 29 heavy (non-hydrogen) atoms. The highest BCUT2D eigenvalue weighted by Crippen LogP contribution is 2.31. The van der Waals surface area contributed by atoms with Gasteiger partial charge in [0.25, 0.3) is 10.0 Å². The Kier molecular flexibility index (Phi) is 6.62. The molecule has 2 N–H and O–H groups in total. The van der Waals surface area contributed by atoms with Crippen molar-refractivity contribution in [2.45, 2.75) is 31.3 Å². The van der Waals surface area contributed by atoms with Crippen molar-refractivity contribution >= 4 is 39.1 Å². The summed E-state index contributed by atoms with van der Waals surface area (Å²) in [6.45, 7) is 5.09. The second-order valence-corrected chi connectivity index (χ2v) is 8.95. The van der Waals surface area contributed by atoms with Crippen molar-refractivity contribution < 1.29 is 22.7 Å². The molecule has 10 heteroatoms. The molecule has 0 saturated carbocycles. The standard InChI is InChI=1S/C19H20ClN3O5S/c1-19(2,3)28-18(24)22-14-6-5-7-15(13(14)11-21)23-29(25,26)17-10-12(20)8-9-16(17)27-4/h5-10,23H,1-4H3,(H,22,24). The average Bonchev–Trinajstić information content (AvgIpc) is 2.60. The Labute approximate surface area is 174 Å². The molecule has 0 bridgehead atoms. The van der Waals surface area contributed by atoms with Gasteiger partial charge in [0, 0.05) is 5.02 Å². The van der Waals surface area contributed by atoms with Crippen molar-refractivity contribution in [1.82, 2.24) is 0 Å². The van der Waals surface area contributed by atoms with Gasteiger partial charge in [-0.15, -0.1) is 0 Å². The summed E-state index contributed by atoms with van der Waals surface area (Å²) in [6, 6.07) is 10.4. The van der Waals surface area contributed by atoms with Crippen LogP contribution in [0.1, 0.15) is 26.3 Å². The molecule has 0 radical (unpaired) electrons. The summed E-state index contributed by atoms with van der Waals surface area (Å²) >= 11 is 5.92. The number of carbonyl (C=O) groups excluding carboxylic acids is 1. The number of carbonyl (C=O) groups is 1. The van der Waals surface area contributed by atoms with E-state index < -0.39 is 21.7 Å². The number of nitriles is 1. The summed E-state index contributed by atoms with van der Waals surface area (Å²) in [5.41, 5.74) is -0.745. The molecule has 0 spiro atoms. The first-order valence-electron chi connectivity index (χ1n) is 8.36. The normalized spacial score (nSPS) is 11.3. The van der Waals surface area contributed by atoms with E-state index in [1.807, 2.05) is 6.07 Å². The van der Waals surface area contributed by atoms with Crippen molar-refractivity contribution in [2.24, 2.45) is 0 Å². The maximum absolute atomic E-state index is 12.9. The summed E-state index contributed by atoms with van der Waals surface area (Å²) < 4.78 is 38.3. The van der Waals surface area contributed by atoms with Gasteiger partial charge in [0.1, 0.15) is 22.3 Å². The summed E-state index contributed by atoms with van der Waals surface area (Å²) in [5, 5.41) is 12.2. The molecule has 0 unspecified atom stereocenters. The van der Waals surface area contributed by atoms with E-state index >= 15 is 0 Å². The maximum atomic E-state index is 12.9. The van der Waals surface area contributed by atoms with Crippen molar-refractivity contribution in [3.05, 3.63) is 47.0 Å². The minimum atomic E-state index is -4.14. The van der Waals surface area contributed by atoms with E-state index in [4.69, 9.17) is 21.1 Å². The molecule has 0 aromatic heterocycles. The number of anilines is 2. The quantitative estimate of drug-likeness (QED) is 0.717. The van der Waals surface area contributed by atoms with Crippen LogP contribution in [0.3, 0.4) is 0 Å². The molecule has 2 aromatic rings. The zero-order valence-corrected chi connectivity index (χ0v) is 17.8. The lowest BCUT2D eigenvalue weighted by atomic mass is 10.1. The number of methoxy groups -OCH3 is 1. The van der Waals surface area contributed by atoms with Gasteiger partial charge in [0.2, 0.25) is 0 Å². The molecule has 2 rings (SSSR count). The monoisotopic (exact) mass is 437 g/mol. The Hall–Kier alpha value is -2.96. The minimum absolute atomic E-state index is 0.0249. The maximum Gasteiger partial charge on any atom is 0.412 e. The Bertz CT molecular complexity index is 1070. The number of nitrogens with zero attached hydrogens (tertiary/aromatic N) is 1. The lowest BCUT2D eigenvalue weighted by Gasteiger charge is -2.20. The fourth-order valence-electron chi connectivity index (χ4n) is 2.34. The third-order valence-corrected chi connectivity index (χ3v) is 5.09. The Morgan fingerprint density at radius 2 is 1.83 bits per heavy atom. The van der Waals surface area contributed by atoms with Crippen LogP contribution in [0.25, 0.3) is 0 Å². The Balaban J connectivity index is 2.40.